The normalized spacial score (nSPS) is 10.1. The van der Waals surface area contributed by atoms with Crippen LogP contribution in [0.4, 0.5) is 5.69 Å². The largest absolute Gasteiger partial charge is 0.478 e. The van der Waals surface area contributed by atoms with E-state index >= 15 is 0 Å². The van der Waals surface area contributed by atoms with Gasteiger partial charge in [0.1, 0.15) is 0 Å². The van der Waals surface area contributed by atoms with Gasteiger partial charge in [-0.3, -0.25) is 10.1 Å². The minimum absolute atomic E-state index is 0.0958. The number of non-ortho nitro benzene ring substituents is 1. The SMILES string of the molecule is CCSc1c(Cl)cc([N+](=O)[O-])cc1C(=O)O. The van der Waals surface area contributed by atoms with Crippen molar-refractivity contribution in [3.05, 3.63) is 32.8 Å². The quantitative estimate of drug-likeness (QED) is 0.512. The molecule has 16 heavy (non-hydrogen) atoms. The zero-order chi connectivity index (χ0) is 12.3. The van der Waals surface area contributed by atoms with Gasteiger partial charge in [-0.1, -0.05) is 18.5 Å². The Kier molecular flexibility index (Phi) is 4.14. The van der Waals surface area contributed by atoms with Crippen LogP contribution in [0.25, 0.3) is 0 Å². The first-order valence-electron chi connectivity index (χ1n) is 4.31. The predicted molar refractivity (Wildman–Crippen MR) is 61.5 cm³/mol. The van der Waals surface area contributed by atoms with Gasteiger partial charge in [0, 0.05) is 17.0 Å². The van der Waals surface area contributed by atoms with E-state index in [0.717, 1.165) is 12.1 Å². The van der Waals surface area contributed by atoms with Gasteiger partial charge in [0.05, 0.1) is 15.5 Å². The number of hydrogen-bond donors (Lipinski definition) is 1. The lowest BCUT2D eigenvalue weighted by Crippen LogP contribution is -2.01. The fraction of sp³-hybridized carbons (Fsp3) is 0.222. The number of nitro groups is 1. The van der Waals surface area contributed by atoms with Crippen LogP contribution in [0.1, 0.15) is 17.3 Å². The van der Waals surface area contributed by atoms with E-state index in [0.29, 0.717) is 10.6 Å². The molecule has 1 aromatic rings. The molecule has 0 saturated heterocycles. The van der Waals surface area contributed by atoms with Gasteiger partial charge >= 0.3 is 5.97 Å². The summed E-state index contributed by atoms with van der Waals surface area (Å²) in [6, 6.07) is 2.18. The lowest BCUT2D eigenvalue weighted by atomic mass is 10.2. The van der Waals surface area contributed by atoms with Crippen LogP contribution in [0.2, 0.25) is 5.02 Å². The third-order valence-electron chi connectivity index (χ3n) is 1.76. The number of carbonyl (C=O) groups is 1. The Morgan fingerprint density at radius 1 is 1.62 bits per heavy atom. The van der Waals surface area contributed by atoms with Crippen LogP contribution >= 0.6 is 23.4 Å². The van der Waals surface area contributed by atoms with Crippen molar-refractivity contribution < 1.29 is 14.8 Å². The Labute approximate surface area is 101 Å². The van der Waals surface area contributed by atoms with Crippen molar-refractivity contribution in [1.82, 2.24) is 0 Å². The summed E-state index contributed by atoms with van der Waals surface area (Å²) in [5.74, 6) is -0.584. The number of hydrogen-bond acceptors (Lipinski definition) is 4. The number of thioether (sulfide) groups is 1. The minimum Gasteiger partial charge on any atom is -0.478 e. The average Bonchev–Trinajstić information content (AvgIpc) is 2.20. The van der Waals surface area contributed by atoms with Crippen LogP contribution in [0.3, 0.4) is 0 Å². The third kappa shape index (κ3) is 2.65. The van der Waals surface area contributed by atoms with Gasteiger partial charge in [-0.2, -0.15) is 0 Å². The highest BCUT2D eigenvalue weighted by atomic mass is 35.5. The molecule has 0 fully saturated rings. The second kappa shape index (κ2) is 5.18. The van der Waals surface area contributed by atoms with E-state index in [-0.39, 0.29) is 16.3 Å². The van der Waals surface area contributed by atoms with Gasteiger partial charge in [0.15, 0.2) is 0 Å². The van der Waals surface area contributed by atoms with E-state index in [1.54, 1.807) is 0 Å². The Morgan fingerprint density at radius 2 is 2.25 bits per heavy atom. The molecule has 86 valence electrons. The van der Waals surface area contributed by atoms with Crippen molar-refractivity contribution in [2.24, 2.45) is 0 Å². The van der Waals surface area contributed by atoms with Crippen LogP contribution in [-0.2, 0) is 0 Å². The lowest BCUT2D eigenvalue weighted by molar-refractivity contribution is -0.384. The molecule has 0 radical (unpaired) electrons. The molecule has 0 heterocycles. The predicted octanol–water partition coefficient (Wildman–Crippen LogP) is 3.06. The summed E-state index contributed by atoms with van der Waals surface area (Å²) >= 11 is 7.05. The van der Waals surface area contributed by atoms with E-state index in [4.69, 9.17) is 16.7 Å². The fourth-order valence-electron chi connectivity index (χ4n) is 1.13. The van der Waals surface area contributed by atoms with E-state index < -0.39 is 10.9 Å². The molecule has 0 unspecified atom stereocenters. The van der Waals surface area contributed by atoms with Crippen LogP contribution in [0.5, 0.6) is 0 Å². The van der Waals surface area contributed by atoms with Crippen molar-refractivity contribution in [1.29, 1.82) is 0 Å². The van der Waals surface area contributed by atoms with Crippen LogP contribution in [0, 0.1) is 10.1 Å². The Hall–Kier alpha value is -1.27. The van der Waals surface area contributed by atoms with E-state index in [1.165, 1.54) is 11.8 Å². The highest BCUT2D eigenvalue weighted by Crippen LogP contribution is 2.34. The van der Waals surface area contributed by atoms with Gasteiger partial charge in [-0.25, -0.2) is 4.79 Å². The van der Waals surface area contributed by atoms with Crippen molar-refractivity contribution in [3.8, 4) is 0 Å². The molecule has 0 aliphatic rings. The fourth-order valence-corrected chi connectivity index (χ4v) is 2.30. The maximum atomic E-state index is 10.9. The topological polar surface area (TPSA) is 80.4 Å². The molecule has 0 atom stereocenters. The van der Waals surface area contributed by atoms with Gasteiger partial charge in [-0.15, -0.1) is 11.8 Å². The molecule has 1 rings (SSSR count). The summed E-state index contributed by atoms with van der Waals surface area (Å²) in [7, 11) is 0. The molecule has 0 spiro atoms. The number of nitrogens with zero attached hydrogens (tertiary/aromatic N) is 1. The summed E-state index contributed by atoms with van der Waals surface area (Å²) < 4.78 is 0. The highest BCUT2D eigenvalue weighted by Gasteiger charge is 2.19. The number of benzene rings is 1. The molecule has 0 amide bonds. The van der Waals surface area contributed by atoms with Gasteiger partial charge in [0.2, 0.25) is 0 Å². The summed E-state index contributed by atoms with van der Waals surface area (Å²) in [6.45, 7) is 1.84. The Morgan fingerprint density at radius 3 is 2.69 bits per heavy atom. The zero-order valence-corrected chi connectivity index (χ0v) is 9.84. The zero-order valence-electron chi connectivity index (χ0n) is 8.27. The number of carboxylic acid groups (broad SMARTS) is 1. The van der Waals surface area contributed by atoms with Crippen molar-refractivity contribution >= 4 is 35.0 Å². The first-order valence-corrected chi connectivity index (χ1v) is 5.67. The lowest BCUT2D eigenvalue weighted by Gasteiger charge is -2.06. The first-order chi connectivity index (χ1) is 7.47. The number of carboxylic acids is 1. The van der Waals surface area contributed by atoms with Crippen LogP contribution in [-0.4, -0.2) is 21.8 Å². The van der Waals surface area contributed by atoms with Crippen molar-refractivity contribution in [2.75, 3.05) is 5.75 Å². The molecule has 0 aliphatic carbocycles. The molecule has 0 saturated carbocycles. The molecule has 1 aromatic carbocycles. The number of halogens is 1. The minimum atomic E-state index is -1.22. The molecule has 1 N–H and O–H groups in total. The summed E-state index contributed by atoms with van der Waals surface area (Å²) in [5.41, 5.74) is -0.450. The van der Waals surface area contributed by atoms with Gasteiger partial charge in [-0.05, 0) is 5.75 Å². The molecule has 5 nitrogen and oxygen atoms in total. The standard InChI is InChI=1S/C9H8ClNO4S/c1-2-16-8-6(9(12)13)3-5(11(14)15)4-7(8)10/h3-4H,2H2,1H3,(H,12,13). The van der Waals surface area contributed by atoms with E-state index in [1.807, 2.05) is 6.92 Å². The molecule has 7 heteroatoms. The maximum Gasteiger partial charge on any atom is 0.337 e. The number of aromatic carboxylic acids is 1. The van der Waals surface area contributed by atoms with Crippen molar-refractivity contribution in [3.63, 3.8) is 0 Å². The molecule has 0 aromatic heterocycles. The highest BCUT2D eigenvalue weighted by molar-refractivity contribution is 7.99. The summed E-state index contributed by atoms with van der Waals surface area (Å²) in [5, 5.41) is 19.6. The average molecular weight is 262 g/mol. The summed E-state index contributed by atoms with van der Waals surface area (Å²) in [4.78, 5) is 21.2. The molecular weight excluding hydrogens is 254 g/mol. The number of rotatable bonds is 4. The molecule has 0 aliphatic heterocycles. The second-order valence-electron chi connectivity index (χ2n) is 2.80. The van der Waals surface area contributed by atoms with E-state index in [2.05, 4.69) is 0 Å². The van der Waals surface area contributed by atoms with Crippen molar-refractivity contribution in [2.45, 2.75) is 11.8 Å². The summed E-state index contributed by atoms with van der Waals surface area (Å²) in [6.07, 6.45) is 0. The monoisotopic (exact) mass is 261 g/mol. The molecular formula is C9H8ClNO4S. The Bertz CT molecular complexity index is 449. The van der Waals surface area contributed by atoms with E-state index in [9.17, 15) is 14.9 Å². The number of nitro benzene ring substituents is 1. The first kappa shape index (κ1) is 12.8. The molecule has 0 bridgehead atoms. The van der Waals surface area contributed by atoms with Gasteiger partial charge in [0.25, 0.3) is 5.69 Å². The van der Waals surface area contributed by atoms with Crippen LogP contribution < -0.4 is 0 Å². The second-order valence-corrected chi connectivity index (χ2v) is 4.48. The smallest absolute Gasteiger partial charge is 0.337 e. The van der Waals surface area contributed by atoms with Gasteiger partial charge < -0.3 is 5.11 Å². The Balaban J connectivity index is 3.39. The maximum absolute atomic E-state index is 10.9. The third-order valence-corrected chi connectivity index (χ3v) is 3.19. The van der Waals surface area contributed by atoms with Crippen LogP contribution in [0.15, 0.2) is 17.0 Å².